The standard InChI is InChI=1S/C18H17F2N3O4S/c19-14-10-15(20)16(9-13(14)17(21)24)22-18(25)11-4-3-5-12(8-11)28(26,27)23-6-1-2-7-23/h3-5,8-10H,1-2,6-7H2,(H2,21,24)(H,22,25). The van der Waals surface area contributed by atoms with Gasteiger partial charge in [0, 0.05) is 24.7 Å². The predicted molar refractivity (Wildman–Crippen MR) is 97.3 cm³/mol. The van der Waals surface area contributed by atoms with Gasteiger partial charge in [0.25, 0.3) is 11.8 Å². The maximum absolute atomic E-state index is 13.9. The lowest BCUT2D eigenvalue weighted by atomic mass is 10.1. The minimum atomic E-state index is -3.73. The van der Waals surface area contributed by atoms with Gasteiger partial charge in [0.1, 0.15) is 11.6 Å². The number of anilines is 1. The summed E-state index contributed by atoms with van der Waals surface area (Å²) in [5.41, 5.74) is 3.95. The van der Waals surface area contributed by atoms with Crippen molar-refractivity contribution in [1.82, 2.24) is 4.31 Å². The molecule has 0 bridgehead atoms. The number of halogens is 2. The number of carbonyl (C=O) groups excluding carboxylic acids is 2. The summed E-state index contributed by atoms with van der Waals surface area (Å²) >= 11 is 0. The summed E-state index contributed by atoms with van der Waals surface area (Å²) in [5, 5.41) is 2.20. The quantitative estimate of drug-likeness (QED) is 0.788. The van der Waals surface area contributed by atoms with Gasteiger partial charge in [0.15, 0.2) is 0 Å². The fraction of sp³-hybridized carbons (Fsp3) is 0.222. The van der Waals surface area contributed by atoms with Gasteiger partial charge in [-0.1, -0.05) is 6.07 Å². The number of carbonyl (C=O) groups is 2. The number of benzene rings is 2. The van der Waals surface area contributed by atoms with Gasteiger partial charge in [-0.15, -0.1) is 0 Å². The van der Waals surface area contributed by atoms with Crippen LogP contribution in [0.3, 0.4) is 0 Å². The molecular weight excluding hydrogens is 392 g/mol. The second-order valence-electron chi connectivity index (χ2n) is 6.27. The number of nitrogens with two attached hydrogens (primary N) is 1. The largest absolute Gasteiger partial charge is 0.366 e. The lowest BCUT2D eigenvalue weighted by Crippen LogP contribution is -2.28. The third kappa shape index (κ3) is 3.87. The van der Waals surface area contributed by atoms with Crippen LogP contribution in [0.25, 0.3) is 0 Å². The van der Waals surface area contributed by atoms with Crippen molar-refractivity contribution in [2.75, 3.05) is 18.4 Å². The van der Waals surface area contributed by atoms with Gasteiger partial charge in [-0.2, -0.15) is 4.31 Å². The number of amides is 2. The number of hydrogen-bond acceptors (Lipinski definition) is 4. The van der Waals surface area contributed by atoms with Crippen molar-refractivity contribution in [3.05, 3.63) is 59.2 Å². The molecule has 28 heavy (non-hydrogen) atoms. The van der Waals surface area contributed by atoms with Crippen LogP contribution in [0.4, 0.5) is 14.5 Å². The van der Waals surface area contributed by atoms with Gasteiger partial charge in [-0.05, 0) is 37.1 Å². The molecule has 1 fully saturated rings. The Morgan fingerprint density at radius 1 is 1.04 bits per heavy atom. The Morgan fingerprint density at radius 3 is 2.36 bits per heavy atom. The number of hydrogen-bond donors (Lipinski definition) is 2. The van der Waals surface area contributed by atoms with E-state index < -0.39 is 44.7 Å². The maximum Gasteiger partial charge on any atom is 0.255 e. The number of primary amides is 1. The first-order valence-corrected chi connectivity index (χ1v) is 9.84. The molecule has 0 unspecified atom stereocenters. The molecule has 10 heteroatoms. The summed E-state index contributed by atoms with van der Waals surface area (Å²) in [6.45, 7) is 0.824. The van der Waals surface area contributed by atoms with Crippen LogP contribution in [0.5, 0.6) is 0 Å². The van der Waals surface area contributed by atoms with Gasteiger partial charge in [-0.25, -0.2) is 17.2 Å². The van der Waals surface area contributed by atoms with Crippen molar-refractivity contribution in [3.8, 4) is 0 Å². The van der Waals surface area contributed by atoms with E-state index in [9.17, 15) is 26.8 Å². The van der Waals surface area contributed by atoms with E-state index in [2.05, 4.69) is 5.32 Å². The molecule has 1 aliphatic heterocycles. The lowest BCUT2D eigenvalue weighted by molar-refractivity contribution is 0.0992. The van der Waals surface area contributed by atoms with E-state index in [0.717, 1.165) is 18.9 Å². The molecule has 0 atom stereocenters. The molecule has 2 aromatic carbocycles. The first kappa shape index (κ1) is 19.9. The highest BCUT2D eigenvalue weighted by atomic mass is 32.2. The zero-order valence-electron chi connectivity index (χ0n) is 14.6. The summed E-state index contributed by atoms with van der Waals surface area (Å²) < 4.78 is 54.1. The normalized spacial score (nSPS) is 14.8. The molecule has 3 rings (SSSR count). The lowest BCUT2D eigenvalue weighted by Gasteiger charge is -2.16. The molecule has 0 spiro atoms. The number of nitrogens with zero attached hydrogens (tertiary/aromatic N) is 1. The van der Waals surface area contributed by atoms with Crippen molar-refractivity contribution in [2.24, 2.45) is 5.73 Å². The van der Waals surface area contributed by atoms with Crippen LogP contribution in [0, 0.1) is 11.6 Å². The minimum absolute atomic E-state index is 0.0374. The van der Waals surface area contributed by atoms with E-state index in [1.54, 1.807) is 0 Å². The van der Waals surface area contributed by atoms with Gasteiger partial charge >= 0.3 is 0 Å². The highest BCUT2D eigenvalue weighted by molar-refractivity contribution is 7.89. The van der Waals surface area contributed by atoms with Gasteiger partial charge in [0.05, 0.1) is 16.1 Å². The fourth-order valence-corrected chi connectivity index (χ4v) is 4.47. The van der Waals surface area contributed by atoms with Crippen LogP contribution in [0.15, 0.2) is 41.3 Å². The Labute approximate surface area is 160 Å². The Balaban J connectivity index is 1.88. The van der Waals surface area contributed by atoms with Crippen LogP contribution < -0.4 is 11.1 Å². The SMILES string of the molecule is NC(=O)c1cc(NC(=O)c2cccc(S(=O)(=O)N3CCCC3)c2)c(F)cc1F. The third-order valence-corrected chi connectivity index (χ3v) is 6.26. The summed E-state index contributed by atoms with van der Waals surface area (Å²) in [7, 11) is -3.73. The Hall–Kier alpha value is -2.85. The molecule has 7 nitrogen and oxygen atoms in total. The number of rotatable bonds is 5. The first-order chi connectivity index (χ1) is 13.2. The molecule has 1 heterocycles. The predicted octanol–water partition coefficient (Wildman–Crippen LogP) is 2.10. The summed E-state index contributed by atoms with van der Waals surface area (Å²) in [4.78, 5) is 23.6. The van der Waals surface area contributed by atoms with E-state index in [4.69, 9.17) is 5.73 Å². The second kappa shape index (κ2) is 7.64. The van der Waals surface area contributed by atoms with Crippen LogP contribution in [-0.4, -0.2) is 37.6 Å². The molecule has 3 N–H and O–H groups in total. The molecule has 0 aromatic heterocycles. The molecular formula is C18H17F2N3O4S. The minimum Gasteiger partial charge on any atom is -0.366 e. The fourth-order valence-electron chi connectivity index (χ4n) is 2.90. The topological polar surface area (TPSA) is 110 Å². The zero-order valence-corrected chi connectivity index (χ0v) is 15.4. The summed E-state index contributed by atoms with van der Waals surface area (Å²) in [6.07, 6.45) is 1.54. The van der Waals surface area contributed by atoms with Gasteiger partial charge in [0.2, 0.25) is 10.0 Å². The highest BCUT2D eigenvalue weighted by Gasteiger charge is 2.27. The van der Waals surface area contributed by atoms with Crippen LogP contribution in [-0.2, 0) is 10.0 Å². The van der Waals surface area contributed by atoms with Crippen LogP contribution in [0.2, 0.25) is 0 Å². The van der Waals surface area contributed by atoms with E-state index in [1.807, 2.05) is 0 Å². The zero-order chi connectivity index (χ0) is 20.5. The third-order valence-electron chi connectivity index (χ3n) is 4.37. The number of sulfonamides is 1. The summed E-state index contributed by atoms with van der Waals surface area (Å²) in [6, 6.07) is 6.52. The van der Waals surface area contributed by atoms with Crippen molar-refractivity contribution in [3.63, 3.8) is 0 Å². The van der Waals surface area contributed by atoms with E-state index in [-0.39, 0.29) is 10.5 Å². The first-order valence-electron chi connectivity index (χ1n) is 8.40. The average molecular weight is 409 g/mol. The van der Waals surface area contributed by atoms with Crippen molar-refractivity contribution in [1.29, 1.82) is 0 Å². The van der Waals surface area contributed by atoms with Gasteiger partial charge in [-0.3, -0.25) is 9.59 Å². The van der Waals surface area contributed by atoms with E-state index >= 15 is 0 Å². The Morgan fingerprint density at radius 2 is 1.71 bits per heavy atom. The number of nitrogens with one attached hydrogen (secondary N) is 1. The molecule has 2 aromatic rings. The summed E-state index contributed by atoms with van der Waals surface area (Å²) in [5.74, 6) is -4.19. The molecule has 0 aliphatic carbocycles. The molecule has 0 radical (unpaired) electrons. The Kier molecular flexibility index (Phi) is 5.43. The van der Waals surface area contributed by atoms with Gasteiger partial charge < -0.3 is 11.1 Å². The Bertz CT molecular complexity index is 1050. The van der Waals surface area contributed by atoms with E-state index in [0.29, 0.717) is 19.2 Å². The molecule has 148 valence electrons. The van der Waals surface area contributed by atoms with Crippen LogP contribution >= 0.6 is 0 Å². The molecule has 2 amide bonds. The molecule has 1 saturated heterocycles. The van der Waals surface area contributed by atoms with E-state index in [1.165, 1.54) is 28.6 Å². The molecule has 0 saturated carbocycles. The second-order valence-corrected chi connectivity index (χ2v) is 8.21. The van der Waals surface area contributed by atoms with Crippen molar-refractivity contribution >= 4 is 27.5 Å². The molecule has 1 aliphatic rings. The highest BCUT2D eigenvalue weighted by Crippen LogP contribution is 2.23. The van der Waals surface area contributed by atoms with Crippen LogP contribution in [0.1, 0.15) is 33.6 Å². The average Bonchev–Trinajstić information content (AvgIpc) is 3.19. The monoisotopic (exact) mass is 409 g/mol. The van der Waals surface area contributed by atoms with Crippen molar-refractivity contribution < 1.29 is 26.8 Å². The maximum atomic E-state index is 13.9. The smallest absolute Gasteiger partial charge is 0.255 e. The van der Waals surface area contributed by atoms with Crippen molar-refractivity contribution in [2.45, 2.75) is 17.7 Å².